The van der Waals surface area contributed by atoms with Crippen LogP contribution in [0.25, 0.3) is 5.69 Å². The van der Waals surface area contributed by atoms with E-state index in [9.17, 15) is 23.2 Å². The number of aromatic nitrogens is 2. The smallest absolute Gasteiger partial charge is 0.360 e. The average molecular weight is 413 g/mol. The molecular weight excluding hydrogens is 396 g/mol. The van der Waals surface area contributed by atoms with Gasteiger partial charge < -0.3 is 10.1 Å². The molecule has 9 heteroatoms. The third kappa shape index (κ3) is 4.40. The molecule has 0 aliphatic rings. The zero-order chi connectivity index (χ0) is 21.8. The molecule has 0 fully saturated rings. The summed E-state index contributed by atoms with van der Waals surface area (Å²) in [5.41, 5.74) is 0.0332. The molecule has 30 heavy (non-hydrogen) atoms. The molecule has 1 N–H and O–H groups in total. The number of esters is 1. The molecule has 1 amide bonds. The maximum absolute atomic E-state index is 13.4. The Morgan fingerprint density at radius 3 is 2.40 bits per heavy atom. The van der Waals surface area contributed by atoms with Gasteiger partial charge in [-0.05, 0) is 44.2 Å². The predicted molar refractivity (Wildman–Crippen MR) is 105 cm³/mol. The van der Waals surface area contributed by atoms with Crippen LogP contribution in [-0.4, -0.2) is 28.3 Å². The number of amides is 1. The van der Waals surface area contributed by atoms with Crippen molar-refractivity contribution in [3.63, 3.8) is 0 Å². The van der Waals surface area contributed by atoms with Crippen molar-refractivity contribution in [3.05, 3.63) is 87.3 Å². The highest BCUT2D eigenvalue weighted by Gasteiger charge is 2.21. The van der Waals surface area contributed by atoms with E-state index in [1.54, 1.807) is 31.2 Å². The van der Waals surface area contributed by atoms with Crippen LogP contribution in [0.5, 0.6) is 0 Å². The van der Waals surface area contributed by atoms with E-state index < -0.39 is 29.1 Å². The number of rotatable bonds is 5. The van der Waals surface area contributed by atoms with Gasteiger partial charge in [0.15, 0.2) is 17.3 Å². The molecule has 0 saturated heterocycles. The fraction of sp³-hybridized carbons (Fsp3) is 0.143. The molecule has 3 aromatic rings. The summed E-state index contributed by atoms with van der Waals surface area (Å²) in [7, 11) is 0. The zero-order valence-electron chi connectivity index (χ0n) is 16.1. The summed E-state index contributed by atoms with van der Waals surface area (Å²) in [4.78, 5) is 37.4. The second-order valence-corrected chi connectivity index (χ2v) is 6.30. The molecule has 3 rings (SSSR count). The number of aryl methyl sites for hydroxylation is 1. The Morgan fingerprint density at radius 2 is 1.77 bits per heavy atom. The van der Waals surface area contributed by atoms with Gasteiger partial charge in [0.05, 0.1) is 18.0 Å². The fourth-order valence-electron chi connectivity index (χ4n) is 2.60. The number of ether oxygens (including phenoxy) is 1. The highest BCUT2D eigenvalue weighted by molar-refractivity contribution is 6.07. The van der Waals surface area contributed by atoms with Crippen molar-refractivity contribution in [1.29, 1.82) is 0 Å². The quantitative estimate of drug-likeness (QED) is 0.649. The first-order valence-corrected chi connectivity index (χ1v) is 8.95. The molecule has 0 radical (unpaired) electrons. The minimum Gasteiger partial charge on any atom is -0.461 e. The summed E-state index contributed by atoms with van der Waals surface area (Å²) in [6, 6.07) is 10.4. The number of anilines is 1. The second kappa shape index (κ2) is 8.64. The Balaban J connectivity index is 2.04. The lowest BCUT2D eigenvalue weighted by molar-refractivity contribution is 0.0518. The SMILES string of the molecule is CCOC(=O)c1nn(-c2ccc(C)cc2)c(=O)cc1NC(=O)c1ccc(F)c(F)c1. The van der Waals surface area contributed by atoms with Crippen molar-refractivity contribution in [2.75, 3.05) is 11.9 Å². The lowest BCUT2D eigenvalue weighted by Crippen LogP contribution is -2.27. The van der Waals surface area contributed by atoms with Crippen molar-refractivity contribution in [2.45, 2.75) is 13.8 Å². The maximum atomic E-state index is 13.4. The number of benzene rings is 2. The number of halogens is 2. The van der Waals surface area contributed by atoms with Crippen molar-refractivity contribution < 1.29 is 23.1 Å². The summed E-state index contributed by atoms with van der Waals surface area (Å²) >= 11 is 0. The van der Waals surface area contributed by atoms with Crippen LogP contribution >= 0.6 is 0 Å². The highest BCUT2D eigenvalue weighted by atomic mass is 19.2. The summed E-state index contributed by atoms with van der Waals surface area (Å²) in [5.74, 6) is -4.03. The Morgan fingerprint density at radius 1 is 1.07 bits per heavy atom. The molecule has 154 valence electrons. The number of hydrogen-bond acceptors (Lipinski definition) is 5. The van der Waals surface area contributed by atoms with Crippen LogP contribution < -0.4 is 10.9 Å². The number of carbonyl (C=O) groups excluding carboxylic acids is 2. The molecular formula is C21H17F2N3O4. The summed E-state index contributed by atoms with van der Waals surface area (Å²) in [6.07, 6.45) is 0. The van der Waals surface area contributed by atoms with Crippen LogP contribution in [0.1, 0.15) is 33.3 Å². The second-order valence-electron chi connectivity index (χ2n) is 6.30. The molecule has 0 unspecified atom stereocenters. The van der Waals surface area contributed by atoms with Gasteiger partial charge in [0, 0.05) is 11.6 Å². The van der Waals surface area contributed by atoms with Crippen molar-refractivity contribution in [1.82, 2.24) is 9.78 Å². The van der Waals surface area contributed by atoms with E-state index in [1.807, 2.05) is 6.92 Å². The molecule has 2 aromatic carbocycles. The van der Waals surface area contributed by atoms with Gasteiger partial charge >= 0.3 is 5.97 Å². The van der Waals surface area contributed by atoms with Crippen LogP contribution in [0.2, 0.25) is 0 Å². The lowest BCUT2D eigenvalue weighted by Gasteiger charge is -2.12. The molecule has 7 nitrogen and oxygen atoms in total. The van der Waals surface area contributed by atoms with Gasteiger partial charge in [0.25, 0.3) is 11.5 Å². The topological polar surface area (TPSA) is 90.3 Å². The summed E-state index contributed by atoms with van der Waals surface area (Å²) < 4.78 is 32.5. The van der Waals surface area contributed by atoms with Crippen molar-refractivity contribution in [2.24, 2.45) is 0 Å². The standard InChI is InChI=1S/C21H17F2N3O4/c1-3-30-21(29)19-17(24-20(28)13-6-9-15(22)16(23)10-13)11-18(27)26(25-19)14-7-4-12(2)5-8-14/h4-11H,3H2,1-2H3,(H,24,28). The van der Waals surface area contributed by atoms with E-state index in [0.29, 0.717) is 11.8 Å². The van der Waals surface area contributed by atoms with E-state index in [4.69, 9.17) is 4.74 Å². The monoisotopic (exact) mass is 413 g/mol. The Labute approximate surface area is 169 Å². The number of carbonyl (C=O) groups is 2. The predicted octanol–water partition coefficient (Wildman–Crippen LogP) is 3.25. The van der Waals surface area contributed by atoms with Gasteiger partial charge in [-0.1, -0.05) is 17.7 Å². The van der Waals surface area contributed by atoms with Gasteiger partial charge in [-0.25, -0.2) is 13.6 Å². The van der Waals surface area contributed by atoms with Crippen molar-refractivity contribution >= 4 is 17.6 Å². The minimum absolute atomic E-state index is 0.0424. The molecule has 0 bridgehead atoms. The minimum atomic E-state index is -1.21. The molecule has 1 heterocycles. The normalized spacial score (nSPS) is 10.5. The first-order chi connectivity index (χ1) is 14.3. The molecule has 0 spiro atoms. The van der Waals surface area contributed by atoms with Gasteiger partial charge in [-0.15, -0.1) is 0 Å². The number of nitrogens with zero attached hydrogens (tertiary/aromatic N) is 2. The molecule has 0 saturated carbocycles. The lowest BCUT2D eigenvalue weighted by atomic mass is 10.2. The van der Waals surface area contributed by atoms with Gasteiger partial charge in [0.1, 0.15) is 0 Å². The highest BCUT2D eigenvalue weighted by Crippen LogP contribution is 2.16. The first kappa shape index (κ1) is 20.8. The third-order valence-corrected chi connectivity index (χ3v) is 4.11. The maximum Gasteiger partial charge on any atom is 0.360 e. The van der Waals surface area contributed by atoms with E-state index >= 15 is 0 Å². The van der Waals surface area contributed by atoms with Crippen LogP contribution in [0.3, 0.4) is 0 Å². The number of hydrogen-bond donors (Lipinski definition) is 1. The largest absolute Gasteiger partial charge is 0.461 e. The fourth-order valence-corrected chi connectivity index (χ4v) is 2.60. The molecule has 0 aliphatic carbocycles. The summed E-state index contributed by atoms with van der Waals surface area (Å²) in [5, 5.41) is 6.39. The molecule has 0 atom stereocenters. The number of nitrogens with one attached hydrogen (secondary N) is 1. The van der Waals surface area contributed by atoms with E-state index in [-0.39, 0.29) is 23.6 Å². The van der Waals surface area contributed by atoms with Crippen LogP contribution in [0, 0.1) is 18.6 Å². The Kier molecular flexibility index (Phi) is 6.01. The van der Waals surface area contributed by atoms with Crippen LogP contribution in [0.4, 0.5) is 14.5 Å². The van der Waals surface area contributed by atoms with Gasteiger partial charge in [-0.3, -0.25) is 9.59 Å². The van der Waals surface area contributed by atoms with E-state index in [2.05, 4.69) is 10.4 Å². The van der Waals surface area contributed by atoms with Gasteiger partial charge in [-0.2, -0.15) is 9.78 Å². The third-order valence-electron chi connectivity index (χ3n) is 4.11. The van der Waals surface area contributed by atoms with Crippen LogP contribution in [0.15, 0.2) is 53.3 Å². The summed E-state index contributed by atoms with van der Waals surface area (Å²) in [6.45, 7) is 3.51. The Hall–Kier alpha value is -3.88. The van der Waals surface area contributed by atoms with Crippen molar-refractivity contribution in [3.8, 4) is 5.69 Å². The zero-order valence-corrected chi connectivity index (χ0v) is 16.1. The molecule has 0 aliphatic heterocycles. The van der Waals surface area contributed by atoms with E-state index in [1.165, 1.54) is 0 Å². The van der Waals surface area contributed by atoms with Gasteiger partial charge in [0.2, 0.25) is 0 Å². The molecule has 1 aromatic heterocycles. The van der Waals surface area contributed by atoms with Crippen LogP contribution in [-0.2, 0) is 4.74 Å². The average Bonchev–Trinajstić information content (AvgIpc) is 2.71. The van der Waals surface area contributed by atoms with E-state index in [0.717, 1.165) is 28.4 Å². The Bertz CT molecular complexity index is 1170. The first-order valence-electron chi connectivity index (χ1n) is 8.95.